The van der Waals surface area contributed by atoms with Gasteiger partial charge in [0.25, 0.3) is 0 Å². The highest BCUT2D eigenvalue weighted by Gasteiger charge is 2.27. The van der Waals surface area contributed by atoms with Crippen molar-refractivity contribution in [2.24, 2.45) is 0 Å². The molecular formula is C16H19N3O2. The number of aromatic nitrogens is 2. The molecule has 1 amide bonds. The van der Waals surface area contributed by atoms with Crippen molar-refractivity contribution in [3.63, 3.8) is 0 Å². The largest absolute Gasteiger partial charge is 0.342 e. The Kier molecular flexibility index (Phi) is 3.73. The smallest absolute Gasteiger partial charge is 0.231 e. The fourth-order valence-electron chi connectivity index (χ4n) is 2.77. The van der Waals surface area contributed by atoms with Crippen LogP contribution in [0, 0.1) is 6.92 Å². The van der Waals surface area contributed by atoms with Crippen molar-refractivity contribution in [2.45, 2.75) is 32.6 Å². The number of hydrogen-bond acceptors (Lipinski definition) is 4. The lowest BCUT2D eigenvalue weighted by atomic mass is 9.98. The first-order valence-electron chi connectivity index (χ1n) is 7.29. The Labute approximate surface area is 124 Å². The molecule has 1 saturated heterocycles. The van der Waals surface area contributed by atoms with Crippen LogP contribution in [0.5, 0.6) is 0 Å². The monoisotopic (exact) mass is 285 g/mol. The van der Waals surface area contributed by atoms with Crippen LogP contribution in [0.1, 0.15) is 37.1 Å². The van der Waals surface area contributed by atoms with E-state index in [9.17, 15) is 4.79 Å². The second kappa shape index (κ2) is 5.68. The summed E-state index contributed by atoms with van der Waals surface area (Å²) in [5.74, 6) is 1.51. The van der Waals surface area contributed by atoms with Crippen molar-refractivity contribution in [3.8, 4) is 11.4 Å². The maximum atomic E-state index is 11.5. The fraction of sp³-hybridized carbons (Fsp3) is 0.438. The number of carbonyl (C=O) groups is 1. The highest BCUT2D eigenvalue weighted by molar-refractivity contribution is 5.73. The van der Waals surface area contributed by atoms with E-state index >= 15 is 0 Å². The molecule has 1 aliphatic heterocycles. The number of hydrogen-bond donors (Lipinski definition) is 0. The van der Waals surface area contributed by atoms with Gasteiger partial charge in [-0.3, -0.25) is 4.79 Å². The molecule has 0 spiro atoms. The van der Waals surface area contributed by atoms with E-state index in [-0.39, 0.29) is 11.8 Å². The van der Waals surface area contributed by atoms with Crippen LogP contribution in [-0.4, -0.2) is 34.0 Å². The molecule has 3 rings (SSSR count). The van der Waals surface area contributed by atoms with Crippen molar-refractivity contribution in [1.29, 1.82) is 0 Å². The van der Waals surface area contributed by atoms with Gasteiger partial charge >= 0.3 is 0 Å². The summed E-state index contributed by atoms with van der Waals surface area (Å²) >= 11 is 0. The number of carbonyl (C=O) groups excluding carboxylic acids is 1. The number of rotatable bonds is 2. The summed E-state index contributed by atoms with van der Waals surface area (Å²) in [5, 5.41) is 4.08. The Morgan fingerprint density at radius 1 is 1.43 bits per heavy atom. The zero-order valence-corrected chi connectivity index (χ0v) is 12.4. The molecular weight excluding hydrogens is 266 g/mol. The average molecular weight is 285 g/mol. The number of piperidine rings is 1. The molecule has 21 heavy (non-hydrogen) atoms. The zero-order valence-electron chi connectivity index (χ0n) is 12.4. The van der Waals surface area contributed by atoms with E-state index in [1.54, 1.807) is 6.92 Å². The van der Waals surface area contributed by atoms with Crippen molar-refractivity contribution in [1.82, 2.24) is 15.0 Å². The quantitative estimate of drug-likeness (QED) is 0.851. The summed E-state index contributed by atoms with van der Waals surface area (Å²) in [6.07, 6.45) is 1.96. The minimum absolute atomic E-state index is 0.109. The minimum Gasteiger partial charge on any atom is -0.342 e. The third kappa shape index (κ3) is 2.96. The number of likely N-dealkylation sites (tertiary alicyclic amines) is 1. The van der Waals surface area contributed by atoms with Crippen LogP contribution in [0.2, 0.25) is 0 Å². The Balaban J connectivity index is 1.80. The SMILES string of the molecule is CC(=O)N1CCCC(c2nc(-c3cccc(C)c3)no2)C1. The molecule has 1 fully saturated rings. The predicted octanol–water partition coefficient (Wildman–Crippen LogP) is 2.77. The summed E-state index contributed by atoms with van der Waals surface area (Å²) in [6.45, 7) is 5.14. The van der Waals surface area contributed by atoms with Crippen molar-refractivity contribution < 1.29 is 9.32 Å². The van der Waals surface area contributed by atoms with Crippen LogP contribution in [0.4, 0.5) is 0 Å². The Hall–Kier alpha value is -2.17. The fourth-order valence-corrected chi connectivity index (χ4v) is 2.77. The van der Waals surface area contributed by atoms with E-state index in [1.165, 1.54) is 5.56 Å². The van der Waals surface area contributed by atoms with Crippen LogP contribution < -0.4 is 0 Å². The van der Waals surface area contributed by atoms with E-state index in [0.717, 1.165) is 24.9 Å². The molecule has 0 saturated carbocycles. The number of nitrogens with zero attached hydrogens (tertiary/aromatic N) is 3. The minimum atomic E-state index is 0.109. The topological polar surface area (TPSA) is 59.2 Å². The van der Waals surface area contributed by atoms with Gasteiger partial charge in [-0.25, -0.2) is 0 Å². The van der Waals surface area contributed by atoms with Crippen molar-refractivity contribution in [3.05, 3.63) is 35.7 Å². The van der Waals surface area contributed by atoms with E-state index in [0.29, 0.717) is 18.3 Å². The maximum Gasteiger partial charge on any atom is 0.231 e. The van der Waals surface area contributed by atoms with E-state index < -0.39 is 0 Å². The highest BCUT2D eigenvalue weighted by Crippen LogP contribution is 2.27. The molecule has 0 aliphatic carbocycles. The van der Waals surface area contributed by atoms with Crippen LogP contribution in [-0.2, 0) is 4.79 Å². The highest BCUT2D eigenvalue weighted by atomic mass is 16.5. The van der Waals surface area contributed by atoms with Gasteiger partial charge in [0.1, 0.15) is 0 Å². The standard InChI is InChI=1S/C16H19N3O2/c1-11-5-3-6-13(9-11)15-17-16(21-18-15)14-7-4-8-19(10-14)12(2)20/h3,5-6,9,14H,4,7-8,10H2,1-2H3. The maximum absolute atomic E-state index is 11.5. The van der Waals surface area contributed by atoms with Gasteiger partial charge in [-0.1, -0.05) is 28.9 Å². The Bertz CT molecular complexity index is 650. The molecule has 0 N–H and O–H groups in total. The summed E-state index contributed by atoms with van der Waals surface area (Å²) in [5.41, 5.74) is 2.13. The van der Waals surface area contributed by atoms with Gasteiger partial charge in [-0.15, -0.1) is 0 Å². The molecule has 1 aromatic heterocycles. The molecule has 1 unspecified atom stereocenters. The lowest BCUT2D eigenvalue weighted by molar-refractivity contribution is -0.130. The molecule has 110 valence electrons. The van der Waals surface area contributed by atoms with Crippen LogP contribution in [0.25, 0.3) is 11.4 Å². The molecule has 1 atom stereocenters. The van der Waals surface area contributed by atoms with E-state index in [1.807, 2.05) is 36.1 Å². The van der Waals surface area contributed by atoms with Gasteiger partial charge in [0.15, 0.2) is 0 Å². The van der Waals surface area contributed by atoms with Gasteiger partial charge in [0.05, 0.1) is 5.92 Å². The molecule has 0 radical (unpaired) electrons. The molecule has 5 nitrogen and oxygen atoms in total. The van der Waals surface area contributed by atoms with Crippen LogP contribution >= 0.6 is 0 Å². The normalized spacial score (nSPS) is 18.8. The van der Waals surface area contributed by atoms with E-state index in [4.69, 9.17) is 4.52 Å². The Morgan fingerprint density at radius 2 is 2.29 bits per heavy atom. The third-order valence-corrected chi connectivity index (χ3v) is 3.93. The van der Waals surface area contributed by atoms with Crippen LogP contribution in [0.3, 0.4) is 0 Å². The third-order valence-electron chi connectivity index (χ3n) is 3.93. The lowest BCUT2D eigenvalue weighted by Gasteiger charge is -2.29. The first-order chi connectivity index (χ1) is 10.1. The number of aryl methyl sites for hydroxylation is 1. The zero-order chi connectivity index (χ0) is 14.8. The van der Waals surface area contributed by atoms with Gasteiger partial charge in [-0.05, 0) is 25.8 Å². The Morgan fingerprint density at radius 3 is 3.05 bits per heavy atom. The van der Waals surface area contributed by atoms with Gasteiger partial charge in [0.2, 0.25) is 17.6 Å². The summed E-state index contributed by atoms with van der Waals surface area (Å²) in [6, 6.07) is 8.04. The predicted molar refractivity (Wildman–Crippen MR) is 78.7 cm³/mol. The molecule has 1 aromatic carbocycles. The molecule has 2 aromatic rings. The molecule has 5 heteroatoms. The second-order valence-corrected chi connectivity index (χ2v) is 5.63. The average Bonchev–Trinajstić information content (AvgIpc) is 2.97. The van der Waals surface area contributed by atoms with Crippen molar-refractivity contribution >= 4 is 5.91 Å². The first-order valence-corrected chi connectivity index (χ1v) is 7.29. The molecule has 0 bridgehead atoms. The lowest BCUT2D eigenvalue weighted by Crippen LogP contribution is -2.37. The summed E-state index contributed by atoms with van der Waals surface area (Å²) in [7, 11) is 0. The second-order valence-electron chi connectivity index (χ2n) is 5.63. The number of benzene rings is 1. The van der Waals surface area contributed by atoms with Gasteiger partial charge in [-0.2, -0.15) is 4.98 Å². The van der Waals surface area contributed by atoms with E-state index in [2.05, 4.69) is 10.1 Å². The molecule has 2 heterocycles. The molecule has 1 aliphatic rings. The summed E-state index contributed by atoms with van der Waals surface area (Å²) in [4.78, 5) is 17.9. The first kappa shape index (κ1) is 13.8. The van der Waals surface area contributed by atoms with Gasteiger partial charge in [0, 0.05) is 25.6 Å². The van der Waals surface area contributed by atoms with Crippen molar-refractivity contribution in [2.75, 3.05) is 13.1 Å². The number of amides is 1. The summed E-state index contributed by atoms with van der Waals surface area (Å²) < 4.78 is 5.43. The van der Waals surface area contributed by atoms with Gasteiger partial charge < -0.3 is 9.42 Å². The van der Waals surface area contributed by atoms with Crippen LogP contribution in [0.15, 0.2) is 28.8 Å².